The monoisotopic (exact) mass is 360 g/mol. The predicted molar refractivity (Wildman–Crippen MR) is 98.9 cm³/mol. The smallest absolute Gasteiger partial charge is 0.236 e. The van der Waals surface area contributed by atoms with Crippen molar-refractivity contribution in [3.8, 4) is 11.5 Å². The van der Waals surface area contributed by atoms with Crippen LogP contribution in [0.1, 0.15) is 43.5 Å². The van der Waals surface area contributed by atoms with Crippen molar-refractivity contribution in [3.63, 3.8) is 0 Å². The third-order valence-corrected chi connectivity index (χ3v) is 5.54. The van der Waals surface area contributed by atoms with Crippen molar-refractivity contribution in [1.82, 2.24) is 9.80 Å². The molecule has 26 heavy (non-hydrogen) atoms. The van der Waals surface area contributed by atoms with Gasteiger partial charge in [-0.15, -0.1) is 0 Å². The van der Waals surface area contributed by atoms with Gasteiger partial charge >= 0.3 is 0 Å². The van der Waals surface area contributed by atoms with E-state index in [1.54, 1.807) is 13.2 Å². The van der Waals surface area contributed by atoms with Crippen molar-refractivity contribution < 1.29 is 19.1 Å². The average Bonchev–Trinajstić information content (AvgIpc) is 2.64. The van der Waals surface area contributed by atoms with Gasteiger partial charge in [0.2, 0.25) is 5.91 Å². The number of amides is 1. The number of likely N-dealkylation sites (N-methyl/N-ethyl adjacent to an activating group) is 1. The summed E-state index contributed by atoms with van der Waals surface area (Å²) in [5.74, 6) is 1.60. The third kappa shape index (κ3) is 3.70. The molecular formula is C20H28N2O4. The number of hydrogen-bond acceptors (Lipinski definition) is 5. The van der Waals surface area contributed by atoms with E-state index in [9.17, 15) is 9.59 Å². The molecule has 3 rings (SSSR count). The minimum absolute atomic E-state index is 0.109. The number of carbonyl (C=O) groups excluding carboxylic acids is 2. The number of likely N-dealkylation sites (tertiary alicyclic amines) is 1. The summed E-state index contributed by atoms with van der Waals surface area (Å²) in [6.07, 6.45) is 1.91. The van der Waals surface area contributed by atoms with Crippen LogP contribution in [0, 0.1) is 0 Å². The van der Waals surface area contributed by atoms with Gasteiger partial charge in [-0.1, -0.05) is 0 Å². The number of ether oxygens (including phenoxy) is 2. The number of ketones is 1. The largest absolute Gasteiger partial charge is 0.497 e. The Labute approximate surface area is 155 Å². The second kappa shape index (κ2) is 7.66. The summed E-state index contributed by atoms with van der Waals surface area (Å²) in [5.41, 5.74) is 0.169. The highest BCUT2D eigenvalue weighted by Gasteiger charge is 2.43. The first kappa shape index (κ1) is 18.7. The van der Waals surface area contributed by atoms with Crippen LogP contribution in [0.4, 0.5) is 0 Å². The van der Waals surface area contributed by atoms with Crippen molar-refractivity contribution in [1.29, 1.82) is 0 Å². The van der Waals surface area contributed by atoms with Gasteiger partial charge in [-0.05, 0) is 32.0 Å². The number of rotatable bonds is 5. The zero-order chi connectivity index (χ0) is 18.7. The number of carbonyl (C=O) groups is 2. The SMILES string of the molecule is CCN(CC)C(=O)CN1CCC2(CC1)CC(=O)c1cc(OC)ccc1O2. The molecule has 1 aromatic rings. The molecule has 1 amide bonds. The molecule has 2 heterocycles. The lowest BCUT2D eigenvalue weighted by Gasteiger charge is -2.44. The van der Waals surface area contributed by atoms with E-state index >= 15 is 0 Å². The Morgan fingerprint density at radius 2 is 1.96 bits per heavy atom. The molecule has 1 saturated heterocycles. The standard InChI is InChI=1S/C20H28N2O4/c1-4-22(5-2)19(24)14-21-10-8-20(9-11-21)13-17(23)16-12-15(25-3)6-7-18(16)26-20/h6-7,12H,4-5,8-11,13-14H2,1-3H3. The third-order valence-electron chi connectivity index (χ3n) is 5.54. The van der Waals surface area contributed by atoms with Crippen molar-refractivity contribution in [2.45, 2.75) is 38.7 Å². The summed E-state index contributed by atoms with van der Waals surface area (Å²) >= 11 is 0. The Bertz CT molecular complexity index is 676. The quantitative estimate of drug-likeness (QED) is 0.807. The van der Waals surface area contributed by atoms with E-state index < -0.39 is 5.60 Å². The van der Waals surface area contributed by atoms with Crippen LogP contribution in [-0.2, 0) is 4.79 Å². The lowest BCUT2D eigenvalue weighted by atomic mass is 9.82. The first-order valence-electron chi connectivity index (χ1n) is 9.40. The van der Waals surface area contributed by atoms with Crippen LogP contribution in [-0.4, -0.2) is 66.9 Å². The molecule has 1 fully saturated rings. The molecule has 1 aromatic carbocycles. The van der Waals surface area contributed by atoms with Gasteiger partial charge in [0.25, 0.3) is 0 Å². The molecular weight excluding hydrogens is 332 g/mol. The molecule has 6 nitrogen and oxygen atoms in total. The Morgan fingerprint density at radius 1 is 1.27 bits per heavy atom. The molecule has 0 atom stereocenters. The summed E-state index contributed by atoms with van der Waals surface area (Å²) in [4.78, 5) is 29.0. The van der Waals surface area contributed by atoms with Crippen molar-refractivity contribution in [2.24, 2.45) is 0 Å². The van der Waals surface area contributed by atoms with E-state index in [4.69, 9.17) is 9.47 Å². The van der Waals surface area contributed by atoms with Crippen LogP contribution >= 0.6 is 0 Å². The molecule has 6 heteroatoms. The maximum absolute atomic E-state index is 12.6. The van der Waals surface area contributed by atoms with Crippen molar-refractivity contribution >= 4 is 11.7 Å². The molecule has 0 aromatic heterocycles. The summed E-state index contributed by atoms with van der Waals surface area (Å²) in [6.45, 7) is 7.47. The zero-order valence-electron chi connectivity index (χ0n) is 15.9. The number of fused-ring (bicyclic) bond motifs is 1. The van der Waals surface area contributed by atoms with Gasteiger partial charge in [-0.25, -0.2) is 0 Å². The number of piperidine rings is 1. The van der Waals surface area contributed by atoms with Crippen molar-refractivity contribution in [3.05, 3.63) is 23.8 Å². The Hall–Kier alpha value is -2.08. The van der Waals surface area contributed by atoms with Crippen LogP contribution < -0.4 is 9.47 Å². The summed E-state index contributed by atoms with van der Waals surface area (Å²) in [7, 11) is 1.59. The first-order valence-corrected chi connectivity index (χ1v) is 9.40. The van der Waals surface area contributed by atoms with Gasteiger partial charge in [0, 0.05) is 39.0 Å². The zero-order valence-corrected chi connectivity index (χ0v) is 15.9. The molecule has 142 valence electrons. The molecule has 0 N–H and O–H groups in total. The minimum Gasteiger partial charge on any atom is -0.497 e. The van der Waals surface area contributed by atoms with Crippen molar-refractivity contribution in [2.75, 3.05) is 39.8 Å². The Kier molecular flexibility index (Phi) is 5.51. The fourth-order valence-corrected chi connectivity index (χ4v) is 3.87. The maximum atomic E-state index is 12.6. The highest BCUT2D eigenvalue weighted by Crippen LogP contribution is 2.40. The van der Waals surface area contributed by atoms with Gasteiger partial charge in [0.1, 0.15) is 17.1 Å². The van der Waals surface area contributed by atoms with Gasteiger partial charge in [0.05, 0.1) is 25.6 Å². The normalized spacial score (nSPS) is 19.0. The fourth-order valence-electron chi connectivity index (χ4n) is 3.87. The topological polar surface area (TPSA) is 59.1 Å². The molecule has 2 aliphatic rings. The molecule has 0 aliphatic carbocycles. The maximum Gasteiger partial charge on any atom is 0.236 e. The molecule has 2 aliphatic heterocycles. The molecule has 1 spiro atoms. The molecule has 0 saturated carbocycles. The van der Waals surface area contributed by atoms with Crippen LogP contribution in [0.5, 0.6) is 11.5 Å². The van der Waals surface area contributed by atoms with Crippen LogP contribution in [0.25, 0.3) is 0 Å². The summed E-state index contributed by atoms with van der Waals surface area (Å²) in [5, 5.41) is 0. The highest BCUT2D eigenvalue weighted by molar-refractivity contribution is 6.00. The number of benzene rings is 1. The number of Topliss-reactive ketones (excluding diaryl/α,β-unsaturated/α-hetero) is 1. The highest BCUT2D eigenvalue weighted by atomic mass is 16.5. The minimum atomic E-state index is -0.437. The molecule has 0 bridgehead atoms. The van der Waals surface area contributed by atoms with Gasteiger partial charge in [0.15, 0.2) is 5.78 Å². The molecule has 0 radical (unpaired) electrons. The van der Waals surface area contributed by atoms with Crippen LogP contribution in [0.2, 0.25) is 0 Å². The predicted octanol–water partition coefficient (Wildman–Crippen LogP) is 2.36. The van der Waals surface area contributed by atoms with E-state index in [0.717, 1.165) is 39.0 Å². The fraction of sp³-hybridized carbons (Fsp3) is 0.600. The number of nitrogens with zero attached hydrogens (tertiary/aromatic N) is 2. The van der Waals surface area contributed by atoms with E-state index in [1.165, 1.54) is 0 Å². The average molecular weight is 360 g/mol. The molecule has 0 unspecified atom stereocenters. The van der Waals surface area contributed by atoms with Gasteiger partial charge < -0.3 is 14.4 Å². The van der Waals surface area contributed by atoms with Crippen LogP contribution in [0.15, 0.2) is 18.2 Å². The van der Waals surface area contributed by atoms with E-state index in [2.05, 4.69) is 4.90 Å². The second-order valence-electron chi connectivity index (χ2n) is 7.09. The first-order chi connectivity index (χ1) is 12.5. The van der Waals surface area contributed by atoms with Gasteiger partial charge in [-0.3, -0.25) is 14.5 Å². The summed E-state index contributed by atoms with van der Waals surface area (Å²) in [6, 6.07) is 5.40. The number of methoxy groups -OCH3 is 1. The lowest BCUT2D eigenvalue weighted by Crippen LogP contribution is -2.52. The van der Waals surface area contributed by atoms with E-state index in [1.807, 2.05) is 30.9 Å². The Morgan fingerprint density at radius 3 is 2.58 bits per heavy atom. The second-order valence-corrected chi connectivity index (χ2v) is 7.09. The Balaban J connectivity index is 1.64. The number of hydrogen-bond donors (Lipinski definition) is 0. The van der Waals surface area contributed by atoms with E-state index in [-0.39, 0.29) is 11.7 Å². The lowest BCUT2D eigenvalue weighted by molar-refractivity contribution is -0.133. The van der Waals surface area contributed by atoms with Crippen LogP contribution in [0.3, 0.4) is 0 Å². The van der Waals surface area contributed by atoms with Gasteiger partial charge in [-0.2, -0.15) is 0 Å². The summed E-state index contributed by atoms with van der Waals surface area (Å²) < 4.78 is 11.5. The van der Waals surface area contributed by atoms with E-state index in [0.29, 0.717) is 30.0 Å².